The summed E-state index contributed by atoms with van der Waals surface area (Å²) in [5.74, 6) is -3.45. The van der Waals surface area contributed by atoms with Crippen LogP contribution in [0.2, 0.25) is 0 Å². The molecule has 0 bridgehead atoms. The summed E-state index contributed by atoms with van der Waals surface area (Å²) in [5.41, 5.74) is 1.51. The quantitative estimate of drug-likeness (QED) is 0.343. The first-order valence-corrected chi connectivity index (χ1v) is 14.8. The van der Waals surface area contributed by atoms with Gasteiger partial charge in [-0.05, 0) is 56.0 Å². The lowest BCUT2D eigenvalue weighted by atomic mass is 9.51. The third kappa shape index (κ3) is 3.93. The summed E-state index contributed by atoms with van der Waals surface area (Å²) in [5, 5.41) is 9.51. The minimum Gasteiger partial charge on any atom is -0.491 e. The van der Waals surface area contributed by atoms with E-state index in [4.69, 9.17) is 4.74 Å². The Kier molecular flexibility index (Phi) is 6.54. The maximum Gasteiger partial charge on any atom is 0.241 e. The number of fused-ring (bicyclic) bond motifs is 4. The first-order chi connectivity index (χ1) is 20.9. The minimum absolute atomic E-state index is 0.0685. The lowest BCUT2D eigenvalue weighted by Crippen LogP contribution is -2.49. The number of imide groups is 2. The van der Waals surface area contributed by atoms with Gasteiger partial charge in [0.15, 0.2) is 0 Å². The highest BCUT2D eigenvalue weighted by Gasteiger charge is 2.68. The highest BCUT2D eigenvalue weighted by molar-refractivity contribution is 6.25. The molecule has 0 aromatic heterocycles. The van der Waals surface area contributed by atoms with E-state index in [2.05, 4.69) is 0 Å². The van der Waals surface area contributed by atoms with Crippen LogP contribution in [0.5, 0.6) is 5.75 Å². The number of carbonyl (C=O) groups excluding carboxylic acids is 4. The summed E-state index contributed by atoms with van der Waals surface area (Å²) in [6.45, 7) is 1.74. The Morgan fingerprint density at radius 2 is 1.42 bits per heavy atom. The molecule has 7 rings (SSSR count). The van der Waals surface area contributed by atoms with Crippen molar-refractivity contribution in [3.8, 4) is 5.75 Å². The monoisotopic (exact) mass is 576 g/mol. The highest BCUT2D eigenvalue weighted by Crippen LogP contribution is 2.64. The second kappa shape index (κ2) is 10.3. The zero-order valence-corrected chi connectivity index (χ0v) is 23.8. The van der Waals surface area contributed by atoms with Gasteiger partial charge < -0.3 is 9.84 Å². The van der Waals surface area contributed by atoms with E-state index >= 15 is 0 Å². The molecule has 8 heteroatoms. The predicted molar refractivity (Wildman–Crippen MR) is 159 cm³/mol. The van der Waals surface area contributed by atoms with E-state index in [1.807, 2.05) is 43.3 Å². The molecule has 218 valence electrons. The van der Waals surface area contributed by atoms with Gasteiger partial charge in [0.1, 0.15) is 12.4 Å². The van der Waals surface area contributed by atoms with Gasteiger partial charge in [0.25, 0.3) is 0 Å². The van der Waals surface area contributed by atoms with Gasteiger partial charge >= 0.3 is 0 Å². The van der Waals surface area contributed by atoms with Crippen molar-refractivity contribution in [3.63, 3.8) is 0 Å². The van der Waals surface area contributed by atoms with Crippen molar-refractivity contribution in [1.29, 1.82) is 0 Å². The van der Waals surface area contributed by atoms with Gasteiger partial charge in [-0.25, -0.2) is 4.90 Å². The van der Waals surface area contributed by atoms with Crippen LogP contribution in [-0.4, -0.2) is 41.9 Å². The number of rotatable bonds is 6. The highest BCUT2D eigenvalue weighted by atomic mass is 16.5. The fourth-order valence-electron chi connectivity index (χ4n) is 8.02. The molecule has 2 saturated heterocycles. The molecular weight excluding hydrogens is 544 g/mol. The van der Waals surface area contributed by atoms with Crippen LogP contribution in [0.3, 0.4) is 0 Å². The van der Waals surface area contributed by atoms with Crippen molar-refractivity contribution in [3.05, 3.63) is 102 Å². The van der Waals surface area contributed by atoms with Gasteiger partial charge in [0.05, 0.1) is 41.2 Å². The van der Waals surface area contributed by atoms with Gasteiger partial charge in [0.2, 0.25) is 23.6 Å². The number of aliphatic hydroxyl groups excluding tert-OH is 1. The number of anilines is 2. The van der Waals surface area contributed by atoms with Crippen molar-refractivity contribution in [2.45, 2.75) is 25.7 Å². The average Bonchev–Trinajstić information content (AvgIpc) is 3.40. The Labute approximate surface area is 249 Å². The lowest BCUT2D eigenvalue weighted by Gasteiger charge is -2.49. The van der Waals surface area contributed by atoms with Crippen LogP contribution in [0.4, 0.5) is 11.4 Å². The summed E-state index contributed by atoms with van der Waals surface area (Å²) < 4.78 is 5.97. The van der Waals surface area contributed by atoms with Gasteiger partial charge in [-0.1, -0.05) is 66.2 Å². The van der Waals surface area contributed by atoms with Crippen molar-refractivity contribution in [2.24, 2.45) is 29.1 Å². The molecule has 2 heterocycles. The molecule has 8 nitrogen and oxygen atoms in total. The van der Waals surface area contributed by atoms with E-state index in [-0.39, 0.29) is 43.3 Å². The number of carbonyl (C=O) groups is 4. The van der Waals surface area contributed by atoms with Crippen LogP contribution in [0.15, 0.2) is 96.6 Å². The third-order valence-electron chi connectivity index (χ3n) is 9.88. The van der Waals surface area contributed by atoms with E-state index in [0.717, 1.165) is 11.1 Å². The molecule has 0 spiro atoms. The maximum absolute atomic E-state index is 14.5. The SMILES string of the molecule is CC12C(=O)N(c3ccccc3)C(=O)C1CC1C(=CCC3C(=O)N(c4ccccc4)C(=O)C31)C2c1ccccc1OCCO. The van der Waals surface area contributed by atoms with Crippen LogP contribution in [-0.2, 0) is 19.2 Å². The predicted octanol–water partition coefficient (Wildman–Crippen LogP) is 4.49. The van der Waals surface area contributed by atoms with Crippen LogP contribution in [0.25, 0.3) is 0 Å². The number of allylic oxidation sites excluding steroid dienone is 2. The molecular formula is C35H32N2O6. The number of benzene rings is 3. The van der Waals surface area contributed by atoms with Gasteiger partial charge in [-0.2, -0.15) is 0 Å². The second-order valence-corrected chi connectivity index (χ2v) is 12.0. The average molecular weight is 577 g/mol. The van der Waals surface area contributed by atoms with E-state index < -0.39 is 35.0 Å². The lowest BCUT2D eigenvalue weighted by molar-refractivity contribution is -0.131. The number of para-hydroxylation sites is 3. The van der Waals surface area contributed by atoms with Gasteiger partial charge in [0, 0.05) is 11.5 Å². The fourth-order valence-corrected chi connectivity index (χ4v) is 8.02. The van der Waals surface area contributed by atoms with E-state index in [1.165, 1.54) is 9.80 Å². The van der Waals surface area contributed by atoms with E-state index in [1.54, 1.807) is 54.6 Å². The Morgan fingerprint density at radius 3 is 2.09 bits per heavy atom. The normalized spacial score (nSPS) is 29.7. The van der Waals surface area contributed by atoms with E-state index in [9.17, 15) is 24.3 Å². The molecule has 3 fully saturated rings. The first-order valence-electron chi connectivity index (χ1n) is 14.8. The summed E-state index contributed by atoms with van der Waals surface area (Å²) in [7, 11) is 0. The van der Waals surface area contributed by atoms with Gasteiger partial charge in [-0.3, -0.25) is 24.1 Å². The fraction of sp³-hybridized carbons (Fsp3) is 0.314. The molecule has 43 heavy (non-hydrogen) atoms. The largest absolute Gasteiger partial charge is 0.491 e. The number of amides is 4. The van der Waals surface area contributed by atoms with Crippen LogP contribution in [0.1, 0.15) is 31.2 Å². The van der Waals surface area contributed by atoms with Crippen molar-refractivity contribution in [1.82, 2.24) is 0 Å². The van der Waals surface area contributed by atoms with E-state index in [0.29, 0.717) is 23.5 Å². The van der Waals surface area contributed by atoms with Crippen LogP contribution in [0, 0.1) is 29.1 Å². The van der Waals surface area contributed by atoms with Crippen molar-refractivity contribution < 1.29 is 29.0 Å². The number of hydrogen-bond acceptors (Lipinski definition) is 6. The second-order valence-electron chi connectivity index (χ2n) is 12.0. The first kappa shape index (κ1) is 27.3. The third-order valence-corrected chi connectivity index (χ3v) is 9.88. The summed E-state index contributed by atoms with van der Waals surface area (Å²) in [6.07, 6.45) is 2.68. The summed E-state index contributed by atoms with van der Waals surface area (Å²) in [6, 6.07) is 25.3. The van der Waals surface area contributed by atoms with Gasteiger partial charge in [-0.15, -0.1) is 0 Å². The standard InChI is InChI=1S/C35H32N2O6/c1-35-27(32(40)37(34(35)42)22-12-6-3-7-13-22)20-26-23(30(35)24-14-8-9-15-28(24)43-19-18-38)16-17-25-29(26)33(41)36(31(25)39)21-10-4-2-5-11-21/h2-16,25-27,29-30,38H,17-20H2,1H3. The van der Waals surface area contributed by atoms with Crippen molar-refractivity contribution in [2.75, 3.05) is 23.0 Å². The summed E-state index contributed by atoms with van der Waals surface area (Å²) in [4.78, 5) is 59.2. The van der Waals surface area contributed by atoms with Crippen LogP contribution >= 0.6 is 0 Å². The number of hydrogen-bond donors (Lipinski definition) is 1. The Bertz CT molecular complexity index is 1650. The Hall–Kier alpha value is -4.56. The molecule has 3 aromatic carbocycles. The molecule has 1 N–H and O–H groups in total. The maximum atomic E-state index is 14.5. The molecule has 4 amide bonds. The van der Waals surface area contributed by atoms with Crippen molar-refractivity contribution >= 4 is 35.0 Å². The molecule has 6 unspecified atom stereocenters. The number of aliphatic hydroxyl groups is 1. The summed E-state index contributed by atoms with van der Waals surface area (Å²) >= 11 is 0. The zero-order chi connectivity index (χ0) is 29.9. The molecule has 0 radical (unpaired) electrons. The molecule has 2 aliphatic carbocycles. The molecule has 1 saturated carbocycles. The molecule has 6 atom stereocenters. The number of ether oxygens (including phenoxy) is 1. The Morgan fingerprint density at radius 1 is 0.791 bits per heavy atom. The Balaban J connectivity index is 1.38. The number of nitrogens with zero attached hydrogens (tertiary/aromatic N) is 2. The smallest absolute Gasteiger partial charge is 0.241 e. The topological polar surface area (TPSA) is 104 Å². The van der Waals surface area contributed by atoms with Crippen LogP contribution < -0.4 is 14.5 Å². The molecule has 3 aromatic rings. The molecule has 4 aliphatic rings. The zero-order valence-electron chi connectivity index (χ0n) is 23.8. The molecule has 2 aliphatic heterocycles. The minimum atomic E-state index is -1.16.